The van der Waals surface area contributed by atoms with Crippen molar-refractivity contribution < 1.29 is 14.7 Å². The van der Waals surface area contributed by atoms with E-state index in [0.29, 0.717) is 19.5 Å². The molecule has 0 bridgehead atoms. The number of carbonyl (C=O) groups is 2. The summed E-state index contributed by atoms with van der Waals surface area (Å²) in [5, 5.41) is 12.3. The molecule has 1 aromatic carbocycles. The van der Waals surface area contributed by atoms with Gasteiger partial charge in [-0.15, -0.1) is 0 Å². The minimum absolute atomic E-state index is 0.0287. The van der Waals surface area contributed by atoms with Crippen LogP contribution < -0.4 is 10.2 Å². The van der Waals surface area contributed by atoms with Crippen molar-refractivity contribution in [1.29, 1.82) is 0 Å². The summed E-state index contributed by atoms with van der Waals surface area (Å²) in [6, 6.07) is 9.59. The summed E-state index contributed by atoms with van der Waals surface area (Å²) in [6.07, 6.45) is 0.483. The van der Waals surface area contributed by atoms with Crippen LogP contribution in [0.3, 0.4) is 0 Å². The summed E-state index contributed by atoms with van der Waals surface area (Å²) in [7, 11) is 0. The molecule has 2 rings (SSSR count). The lowest BCUT2D eigenvalue weighted by Gasteiger charge is -2.38. The quantitative estimate of drug-likeness (QED) is 0.886. The molecule has 2 N–H and O–H groups in total. The van der Waals surface area contributed by atoms with Crippen LogP contribution in [-0.2, 0) is 9.59 Å². The number of anilines is 1. The molecule has 2 unspecified atom stereocenters. The first kappa shape index (κ1) is 15.4. The van der Waals surface area contributed by atoms with E-state index in [2.05, 4.69) is 5.32 Å². The molecule has 5 nitrogen and oxygen atoms in total. The number of nitrogens with one attached hydrogen (secondary N) is 1. The van der Waals surface area contributed by atoms with Crippen LogP contribution in [-0.4, -0.2) is 36.1 Å². The minimum atomic E-state index is -0.806. The van der Waals surface area contributed by atoms with Crippen molar-refractivity contribution in [1.82, 2.24) is 5.32 Å². The highest BCUT2D eigenvalue weighted by atomic mass is 16.4. The third-order valence-corrected chi connectivity index (χ3v) is 3.79. The van der Waals surface area contributed by atoms with Crippen LogP contribution in [0.1, 0.15) is 20.3 Å². The van der Waals surface area contributed by atoms with E-state index >= 15 is 0 Å². The van der Waals surface area contributed by atoms with Gasteiger partial charge >= 0.3 is 5.97 Å². The van der Waals surface area contributed by atoms with Crippen LogP contribution in [0.25, 0.3) is 0 Å². The van der Waals surface area contributed by atoms with Gasteiger partial charge < -0.3 is 15.3 Å². The molecule has 1 saturated heterocycles. The molecule has 114 valence electrons. The second-order valence-electron chi connectivity index (χ2n) is 5.87. The van der Waals surface area contributed by atoms with Gasteiger partial charge in [-0.25, -0.2) is 0 Å². The van der Waals surface area contributed by atoms with Crippen molar-refractivity contribution in [3.05, 3.63) is 30.3 Å². The smallest absolute Gasteiger partial charge is 0.308 e. The topological polar surface area (TPSA) is 69.6 Å². The standard InChI is InChI=1S/C16H22N2O3/c1-11(2)15(19)17-13-8-12(16(20)21)9-18(10-13)14-6-4-3-5-7-14/h3-7,11-13H,8-10H2,1-2H3,(H,17,19)(H,20,21). The summed E-state index contributed by atoms with van der Waals surface area (Å²) in [4.78, 5) is 25.2. The van der Waals surface area contributed by atoms with Crippen LogP contribution in [0.15, 0.2) is 30.3 Å². The van der Waals surface area contributed by atoms with Crippen molar-refractivity contribution in [2.45, 2.75) is 26.3 Å². The number of piperidine rings is 1. The highest BCUT2D eigenvalue weighted by Gasteiger charge is 2.32. The molecule has 0 saturated carbocycles. The van der Waals surface area contributed by atoms with Crippen LogP contribution >= 0.6 is 0 Å². The predicted octanol–water partition coefficient (Wildman–Crippen LogP) is 1.74. The Morgan fingerprint density at radius 3 is 2.48 bits per heavy atom. The Morgan fingerprint density at radius 2 is 1.90 bits per heavy atom. The SMILES string of the molecule is CC(C)C(=O)NC1CC(C(=O)O)CN(c2ccccc2)C1. The first-order valence-electron chi connectivity index (χ1n) is 7.30. The Bertz CT molecular complexity index is 502. The summed E-state index contributed by atoms with van der Waals surface area (Å²) >= 11 is 0. The van der Waals surface area contributed by atoms with Crippen LogP contribution in [0.5, 0.6) is 0 Å². The summed E-state index contributed by atoms with van der Waals surface area (Å²) in [5.41, 5.74) is 0.993. The average Bonchev–Trinajstić information content (AvgIpc) is 2.47. The van der Waals surface area contributed by atoms with Crippen molar-refractivity contribution in [3.63, 3.8) is 0 Å². The fraction of sp³-hybridized carbons (Fsp3) is 0.500. The number of nitrogens with zero attached hydrogens (tertiary/aromatic N) is 1. The Hall–Kier alpha value is -2.04. The maximum atomic E-state index is 11.9. The number of carbonyl (C=O) groups excluding carboxylic acids is 1. The first-order valence-corrected chi connectivity index (χ1v) is 7.30. The lowest BCUT2D eigenvalue weighted by Crippen LogP contribution is -2.53. The molecule has 1 heterocycles. The fourth-order valence-electron chi connectivity index (χ4n) is 2.60. The van der Waals surface area contributed by atoms with Crippen LogP contribution in [0.4, 0.5) is 5.69 Å². The van der Waals surface area contributed by atoms with Gasteiger partial charge in [0.1, 0.15) is 0 Å². The molecule has 21 heavy (non-hydrogen) atoms. The number of benzene rings is 1. The van der Waals surface area contributed by atoms with Gasteiger partial charge in [0.25, 0.3) is 0 Å². The van der Waals surface area contributed by atoms with Gasteiger partial charge in [-0.2, -0.15) is 0 Å². The van der Waals surface area contributed by atoms with Crippen LogP contribution in [0, 0.1) is 11.8 Å². The van der Waals surface area contributed by atoms with E-state index in [1.54, 1.807) is 0 Å². The number of hydrogen-bond acceptors (Lipinski definition) is 3. The van der Waals surface area contributed by atoms with E-state index in [9.17, 15) is 14.7 Å². The third kappa shape index (κ3) is 3.97. The van der Waals surface area contributed by atoms with Gasteiger partial charge in [0.2, 0.25) is 5.91 Å². The molecule has 0 radical (unpaired) electrons. The Balaban J connectivity index is 2.12. The molecule has 1 aliphatic rings. The van der Waals surface area contributed by atoms with Gasteiger partial charge in [0, 0.05) is 30.7 Å². The summed E-state index contributed by atoms with van der Waals surface area (Å²) in [6.45, 7) is 4.79. The zero-order valence-electron chi connectivity index (χ0n) is 12.5. The van der Waals surface area contributed by atoms with Crippen molar-refractivity contribution >= 4 is 17.6 Å². The largest absolute Gasteiger partial charge is 0.481 e. The number of amides is 1. The molecular formula is C16H22N2O3. The third-order valence-electron chi connectivity index (χ3n) is 3.79. The van der Waals surface area contributed by atoms with Gasteiger partial charge in [0.15, 0.2) is 0 Å². The Kier molecular flexibility index (Phi) is 4.83. The molecule has 1 aromatic rings. The normalized spacial score (nSPS) is 22.1. The van der Waals surface area contributed by atoms with E-state index in [4.69, 9.17) is 0 Å². The predicted molar refractivity (Wildman–Crippen MR) is 81.2 cm³/mol. The van der Waals surface area contributed by atoms with Gasteiger partial charge in [-0.05, 0) is 18.6 Å². The van der Waals surface area contributed by atoms with Crippen molar-refractivity contribution in [3.8, 4) is 0 Å². The number of hydrogen-bond donors (Lipinski definition) is 2. The van der Waals surface area contributed by atoms with E-state index in [0.717, 1.165) is 5.69 Å². The fourth-order valence-corrected chi connectivity index (χ4v) is 2.60. The Morgan fingerprint density at radius 1 is 1.24 bits per heavy atom. The van der Waals surface area contributed by atoms with Crippen molar-refractivity contribution in [2.75, 3.05) is 18.0 Å². The second kappa shape index (κ2) is 6.61. The highest BCUT2D eigenvalue weighted by Crippen LogP contribution is 2.23. The van der Waals surface area contributed by atoms with Gasteiger partial charge in [0.05, 0.1) is 5.92 Å². The van der Waals surface area contributed by atoms with Gasteiger partial charge in [-0.3, -0.25) is 9.59 Å². The second-order valence-corrected chi connectivity index (χ2v) is 5.87. The molecular weight excluding hydrogens is 268 g/mol. The molecule has 1 aliphatic heterocycles. The van der Waals surface area contributed by atoms with Gasteiger partial charge in [-0.1, -0.05) is 32.0 Å². The molecule has 0 aromatic heterocycles. The number of rotatable bonds is 4. The maximum Gasteiger partial charge on any atom is 0.308 e. The maximum absolute atomic E-state index is 11.9. The summed E-state index contributed by atoms with van der Waals surface area (Å²) in [5.74, 6) is -1.39. The number of aliphatic carboxylic acids is 1. The highest BCUT2D eigenvalue weighted by molar-refractivity contribution is 5.78. The van der Waals surface area contributed by atoms with E-state index in [1.807, 2.05) is 49.1 Å². The van der Waals surface area contributed by atoms with Crippen LogP contribution in [0.2, 0.25) is 0 Å². The van der Waals surface area contributed by atoms with E-state index in [-0.39, 0.29) is 17.9 Å². The van der Waals surface area contributed by atoms with E-state index in [1.165, 1.54) is 0 Å². The zero-order chi connectivity index (χ0) is 15.4. The molecule has 1 amide bonds. The number of para-hydroxylation sites is 1. The first-order chi connectivity index (χ1) is 9.97. The zero-order valence-corrected chi connectivity index (χ0v) is 12.5. The molecule has 1 fully saturated rings. The number of carboxylic acid groups (broad SMARTS) is 1. The molecule has 2 atom stereocenters. The lowest BCUT2D eigenvalue weighted by atomic mass is 9.93. The molecule has 5 heteroatoms. The van der Waals surface area contributed by atoms with E-state index < -0.39 is 11.9 Å². The Labute approximate surface area is 125 Å². The lowest BCUT2D eigenvalue weighted by molar-refractivity contribution is -0.142. The number of carboxylic acids is 1. The van der Waals surface area contributed by atoms with Crippen molar-refractivity contribution in [2.24, 2.45) is 11.8 Å². The summed E-state index contributed by atoms with van der Waals surface area (Å²) < 4.78 is 0. The monoisotopic (exact) mass is 290 g/mol. The minimum Gasteiger partial charge on any atom is -0.481 e. The molecule has 0 aliphatic carbocycles. The average molecular weight is 290 g/mol. The molecule has 0 spiro atoms.